The summed E-state index contributed by atoms with van der Waals surface area (Å²) in [5.41, 5.74) is 7.09. The molecule has 0 saturated carbocycles. The third-order valence-corrected chi connectivity index (χ3v) is 5.69. The van der Waals surface area contributed by atoms with Gasteiger partial charge in [0.05, 0.1) is 16.8 Å². The van der Waals surface area contributed by atoms with Crippen LogP contribution in [0.4, 0.5) is 5.69 Å². The standard InChI is InChI=1S/C25H25N5O/c1-30-11-6-18-2-3-19(13-24(18)30)22-14-20(15-23-25(22)28-10-9-27-23)29-16-17-4-7-26-8-5-21(31)12-17/h2-4,6,9-15,26,29,31H,5,7-8,16H2,1H3/b17-4+,21-12+. The van der Waals surface area contributed by atoms with Crippen LogP contribution in [0.25, 0.3) is 33.1 Å². The molecule has 0 unspecified atom stereocenters. The van der Waals surface area contributed by atoms with Crippen LogP contribution >= 0.6 is 0 Å². The third kappa shape index (κ3) is 4.02. The summed E-state index contributed by atoms with van der Waals surface area (Å²) in [5.74, 6) is 0.404. The van der Waals surface area contributed by atoms with Crippen molar-refractivity contribution in [3.63, 3.8) is 0 Å². The van der Waals surface area contributed by atoms with E-state index >= 15 is 0 Å². The van der Waals surface area contributed by atoms with Crippen molar-refractivity contribution in [2.24, 2.45) is 7.05 Å². The molecule has 0 radical (unpaired) electrons. The average Bonchev–Trinajstić information content (AvgIpc) is 3.14. The smallest absolute Gasteiger partial charge is 0.0966 e. The SMILES string of the molecule is Cn1ccc2ccc(-c3cc(NCC4=C/CNCC/C(O)=C\4)cc4nccnc34)cc21. The van der Waals surface area contributed by atoms with Crippen LogP contribution in [-0.4, -0.2) is 39.3 Å². The number of hydrogen-bond acceptors (Lipinski definition) is 5. The van der Waals surface area contributed by atoms with Gasteiger partial charge in [0.25, 0.3) is 0 Å². The van der Waals surface area contributed by atoms with Gasteiger partial charge in [0.1, 0.15) is 0 Å². The van der Waals surface area contributed by atoms with E-state index in [1.807, 2.05) is 12.1 Å². The van der Waals surface area contributed by atoms with Crippen molar-refractivity contribution in [2.75, 3.05) is 25.0 Å². The van der Waals surface area contributed by atoms with Crippen molar-refractivity contribution >= 4 is 27.6 Å². The first-order chi connectivity index (χ1) is 15.2. The van der Waals surface area contributed by atoms with E-state index in [0.717, 1.165) is 46.5 Å². The maximum absolute atomic E-state index is 10.0. The fourth-order valence-corrected chi connectivity index (χ4v) is 4.02. The van der Waals surface area contributed by atoms with Crippen molar-refractivity contribution in [3.05, 3.63) is 78.5 Å². The lowest BCUT2D eigenvalue weighted by Gasteiger charge is -2.14. The van der Waals surface area contributed by atoms with Crippen LogP contribution in [0.3, 0.4) is 0 Å². The molecule has 0 fully saturated rings. The number of aliphatic hydroxyl groups is 1. The van der Waals surface area contributed by atoms with Crippen LogP contribution in [0.5, 0.6) is 0 Å². The molecule has 6 nitrogen and oxygen atoms in total. The maximum Gasteiger partial charge on any atom is 0.0966 e. The molecule has 5 rings (SSSR count). The summed E-state index contributed by atoms with van der Waals surface area (Å²) in [6, 6.07) is 12.8. The Morgan fingerprint density at radius 2 is 2.03 bits per heavy atom. The Labute approximate surface area is 181 Å². The molecule has 2 aromatic carbocycles. The second kappa shape index (κ2) is 8.24. The lowest BCUT2D eigenvalue weighted by Crippen LogP contribution is -2.18. The minimum absolute atomic E-state index is 0.404. The van der Waals surface area contributed by atoms with Gasteiger partial charge in [-0.3, -0.25) is 9.97 Å². The number of benzene rings is 2. The van der Waals surface area contributed by atoms with Gasteiger partial charge in [0.2, 0.25) is 0 Å². The summed E-state index contributed by atoms with van der Waals surface area (Å²) in [6.07, 6.45) is 10.1. The zero-order chi connectivity index (χ0) is 21.2. The van der Waals surface area contributed by atoms with E-state index in [4.69, 9.17) is 0 Å². The van der Waals surface area contributed by atoms with Crippen LogP contribution in [0, 0.1) is 0 Å². The van der Waals surface area contributed by atoms with Crippen molar-refractivity contribution in [2.45, 2.75) is 6.42 Å². The zero-order valence-corrected chi connectivity index (χ0v) is 17.5. The van der Waals surface area contributed by atoms with Gasteiger partial charge in [-0.2, -0.15) is 0 Å². The molecule has 6 heteroatoms. The molecular formula is C25H25N5O. The first-order valence-electron chi connectivity index (χ1n) is 10.5. The average molecular weight is 412 g/mol. The number of fused-ring (bicyclic) bond motifs is 2. The van der Waals surface area contributed by atoms with E-state index in [1.54, 1.807) is 12.4 Å². The van der Waals surface area contributed by atoms with Gasteiger partial charge in [-0.1, -0.05) is 18.2 Å². The lowest BCUT2D eigenvalue weighted by molar-refractivity contribution is 0.384. The Morgan fingerprint density at radius 3 is 2.97 bits per heavy atom. The van der Waals surface area contributed by atoms with Gasteiger partial charge in [-0.25, -0.2) is 0 Å². The van der Waals surface area contributed by atoms with Crippen LogP contribution in [0.2, 0.25) is 0 Å². The highest BCUT2D eigenvalue weighted by atomic mass is 16.3. The Morgan fingerprint density at radius 1 is 1.13 bits per heavy atom. The Hall–Kier alpha value is -3.64. The number of hydrogen-bond donors (Lipinski definition) is 3. The van der Waals surface area contributed by atoms with Crippen molar-refractivity contribution in [1.29, 1.82) is 0 Å². The van der Waals surface area contributed by atoms with E-state index in [-0.39, 0.29) is 0 Å². The predicted molar refractivity (Wildman–Crippen MR) is 126 cm³/mol. The molecule has 0 spiro atoms. The molecule has 156 valence electrons. The summed E-state index contributed by atoms with van der Waals surface area (Å²) in [6.45, 7) is 2.21. The number of aliphatic hydroxyl groups excluding tert-OH is 1. The number of rotatable bonds is 4. The molecular weight excluding hydrogens is 386 g/mol. The highest BCUT2D eigenvalue weighted by Crippen LogP contribution is 2.32. The number of aromatic nitrogens is 3. The van der Waals surface area contributed by atoms with Gasteiger partial charge in [0.15, 0.2) is 0 Å². The minimum Gasteiger partial charge on any atom is -0.512 e. The topological polar surface area (TPSA) is 75.0 Å². The van der Waals surface area contributed by atoms with Gasteiger partial charge < -0.3 is 20.3 Å². The molecule has 0 amide bonds. The fraction of sp³-hybridized carbons (Fsp3) is 0.200. The molecule has 1 aliphatic rings. The van der Waals surface area contributed by atoms with Crippen LogP contribution < -0.4 is 10.6 Å². The number of anilines is 1. The third-order valence-electron chi connectivity index (χ3n) is 5.69. The first kappa shape index (κ1) is 19.3. The van der Waals surface area contributed by atoms with Crippen molar-refractivity contribution in [1.82, 2.24) is 19.9 Å². The molecule has 31 heavy (non-hydrogen) atoms. The van der Waals surface area contributed by atoms with Crippen LogP contribution in [0.1, 0.15) is 6.42 Å². The Kier molecular flexibility index (Phi) is 5.14. The van der Waals surface area contributed by atoms with Crippen LogP contribution in [0.15, 0.2) is 78.5 Å². The second-order valence-electron chi connectivity index (χ2n) is 7.87. The maximum atomic E-state index is 10.0. The monoisotopic (exact) mass is 411 g/mol. The number of nitrogens with one attached hydrogen (secondary N) is 2. The highest BCUT2D eigenvalue weighted by molar-refractivity contribution is 5.97. The molecule has 4 aromatic rings. The van der Waals surface area contributed by atoms with E-state index in [9.17, 15) is 5.11 Å². The Balaban J connectivity index is 1.52. The molecule has 1 aliphatic heterocycles. The summed E-state index contributed by atoms with van der Waals surface area (Å²) in [4.78, 5) is 9.16. The van der Waals surface area contributed by atoms with Gasteiger partial charge in [-0.05, 0) is 46.9 Å². The molecule has 3 heterocycles. The predicted octanol–water partition coefficient (Wildman–Crippen LogP) is 4.56. The minimum atomic E-state index is 0.404. The first-order valence-corrected chi connectivity index (χ1v) is 10.5. The molecule has 0 saturated heterocycles. The fourth-order valence-electron chi connectivity index (χ4n) is 4.02. The molecule has 2 aromatic heterocycles. The van der Waals surface area contributed by atoms with E-state index in [2.05, 4.69) is 74.8 Å². The quantitative estimate of drug-likeness (QED) is 0.459. The number of nitrogens with zero attached hydrogens (tertiary/aromatic N) is 3. The van der Waals surface area contributed by atoms with Gasteiger partial charge in [-0.15, -0.1) is 0 Å². The van der Waals surface area contributed by atoms with E-state index < -0.39 is 0 Å². The molecule has 0 aliphatic carbocycles. The number of aryl methyl sites for hydroxylation is 1. The molecule has 0 bridgehead atoms. The second-order valence-corrected chi connectivity index (χ2v) is 7.87. The molecule has 3 N–H and O–H groups in total. The van der Waals surface area contributed by atoms with Crippen LogP contribution in [-0.2, 0) is 7.05 Å². The lowest BCUT2D eigenvalue weighted by atomic mass is 10.0. The van der Waals surface area contributed by atoms with Gasteiger partial charge >= 0.3 is 0 Å². The summed E-state index contributed by atoms with van der Waals surface area (Å²) in [5, 5.41) is 18.1. The van der Waals surface area contributed by atoms with E-state index in [1.165, 1.54) is 10.9 Å². The van der Waals surface area contributed by atoms with Crippen molar-refractivity contribution in [3.8, 4) is 11.1 Å². The summed E-state index contributed by atoms with van der Waals surface area (Å²) in [7, 11) is 2.06. The summed E-state index contributed by atoms with van der Waals surface area (Å²) >= 11 is 0. The largest absolute Gasteiger partial charge is 0.512 e. The highest BCUT2D eigenvalue weighted by Gasteiger charge is 2.11. The van der Waals surface area contributed by atoms with Crippen molar-refractivity contribution < 1.29 is 5.11 Å². The Bertz CT molecular complexity index is 1320. The van der Waals surface area contributed by atoms with E-state index in [0.29, 0.717) is 18.7 Å². The summed E-state index contributed by atoms with van der Waals surface area (Å²) < 4.78 is 2.13. The molecule has 0 atom stereocenters. The normalized spacial score (nSPS) is 18.1. The zero-order valence-electron chi connectivity index (χ0n) is 17.5. The van der Waals surface area contributed by atoms with Gasteiger partial charge in [0, 0.05) is 68.5 Å².